The second-order valence-electron chi connectivity index (χ2n) is 5.94. The number of likely N-dealkylation sites (N-methyl/N-ethyl adjacent to an activating group) is 1. The van der Waals surface area contributed by atoms with Crippen molar-refractivity contribution in [3.05, 3.63) is 28.8 Å². The van der Waals surface area contributed by atoms with Gasteiger partial charge in [-0.15, -0.1) is 0 Å². The predicted molar refractivity (Wildman–Crippen MR) is 88.4 cm³/mol. The van der Waals surface area contributed by atoms with Crippen molar-refractivity contribution in [2.24, 2.45) is 0 Å². The molecule has 2 rings (SSSR count). The zero-order chi connectivity index (χ0) is 18.6. The zero-order valence-electron chi connectivity index (χ0n) is 13.6. The Morgan fingerprint density at radius 2 is 2.08 bits per heavy atom. The van der Waals surface area contributed by atoms with Gasteiger partial charge in [-0.25, -0.2) is 0 Å². The molecule has 1 aromatic rings. The fourth-order valence-corrected chi connectivity index (χ4v) is 2.87. The average Bonchev–Trinajstić information content (AvgIpc) is 2.55. The molecule has 1 fully saturated rings. The quantitative estimate of drug-likeness (QED) is 0.848. The first-order valence-electron chi connectivity index (χ1n) is 7.83. The number of nitrogens with zero attached hydrogens (tertiary/aromatic N) is 1. The standard InChI is InChI=1S/C16H19ClF3N3O2/c1-23(15(25)13-4-2-3-7-21-13)9-14(24)22-10-5-6-12(17)11(8-10)16(18,19)20/h5-6,8,13,21H,2-4,7,9H2,1H3,(H,22,24). The number of anilines is 1. The van der Waals surface area contributed by atoms with Gasteiger partial charge >= 0.3 is 6.18 Å². The Bertz CT molecular complexity index is 646. The van der Waals surface area contributed by atoms with Gasteiger partial charge in [0.15, 0.2) is 0 Å². The number of carbonyl (C=O) groups is 2. The lowest BCUT2D eigenvalue weighted by Crippen LogP contribution is -2.49. The van der Waals surface area contributed by atoms with E-state index in [4.69, 9.17) is 11.6 Å². The monoisotopic (exact) mass is 377 g/mol. The van der Waals surface area contributed by atoms with Crippen LogP contribution in [-0.4, -0.2) is 42.9 Å². The molecule has 9 heteroatoms. The molecule has 1 aromatic carbocycles. The Morgan fingerprint density at radius 3 is 2.68 bits per heavy atom. The van der Waals surface area contributed by atoms with Crippen LogP contribution in [0.15, 0.2) is 18.2 Å². The molecule has 1 heterocycles. The highest BCUT2D eigenvalue weighted by atomic mass is 35.5. The van der Waals surface area contributed by atoms with E-state index in [9.17, 15) is 22.8 Å². The minimum atomic E-state index is -4.61. The molecule has 1 saturated heterocycles. The summed E-state index contributed by atoms with van der Waals surface area (Å²) in [6, 6.07) is 2.80. The summed E-state index contributed by atoms with van der Waals surface area (Å²) in [5, 5.41) is 5.01. The number of nitrogens with one attached hydrogen (secondary N) is 2. The highest BCUT2D eigenvalue weighted by Crippen LogP contribution is 2.36. The molecule has 25 heavy (non-hydrogen) atoms. The summed E-state index contributed by atoms with van der Waals surface area (Å²) in [5.74, 6) is -0.788. The zero-order valence-corrected chi connectivity index (χ0v) is 14.4. The summed E-state index contributed by atoms with van der Waals surface area (Å²) in [4.78, 5) is 25.5. The molecule has 1 atom stereocenters. The number of alkyl halides is 3. The van der Waals surface area contributed by atoms with Crippen molar-refractivity contribution in [3.8, 4) is 0 Å². The third-order valence-electron chi connectivity index (χ3n) is 3.92. The van der Waals surface area contributed by atoms with Crippen molar-refractivity contribution in [1.82, 2.24) is 10.2 Å². The normalized spacial score (nSPS) is 17.9. The Morgan fingerprint density at radius 1 is 1.36 bits per heavy atom. The van der Waals surface area contributed by atoms with Gasteiger partial charge in [0, 0.05) is 12.7 Å². The number of amides is 2. The molecule has 0 radical (unpaired) electrons. The van der Waals surface area contributed by atoms with Gasteiger partial charge in [0.1, 0.15) is 0 Å². The Labute approximate surface area is 148 Å². The molecule has 2 N–H and O–H groups in total. The molecule has 2 amide bonds. The fourth-order valence-electron chi connectivity index (χ4n) is 2.64. The minimum Gasteiger partial charge on any atom is -0.335 e. The maximum atomic E-state index is 12.8. The maximum absolute atomic E-state index is 12.8. The number of hydrogen-bond donors (Lipinski definition) is 2. The summed E-state index contributed by atoms with van der Waals surface area (Å²) in [6.45, 7) is 0.502. The van der Waals surface area contributed by atoms with Gasteiger partial charge in [0.25, 0.3) is 0 Å². The van der Waals surface area contributed by atoms with Crippen molar-refractivity contribution in [2.45, 2.75) is 31.5 Å². The van der Waals surface area contributed by atoms with Crippen molar-refractivity contribution < 1.29 is 22.8 Å². The van der Waals surface area contributed by atoms with E-state index in [1.807, 2.05) is 0 Å². The third kappa shape index (κ3) is 5.34. The van der Waals surface area contributed by atoms with E-state index in [1.54, 1.807) is 0 Å². The van der Waals surface area contributed by atoms with Crippen LogP contribution >= 0.6 is 11.6 Å². The lowest BCUT2D eigenvalue weighted by molar-refractivity contribution is -0.137. The van der Waals surface area contributed by atoms with Crippen LogP contribution < -0.4 is 10.6 Å². The minimum absolute atomic E-state index is 0.0293. The van der Waals surface area contributed by atoms with Crippen molar-refractivity contribution in [3.63, 3.8) is 0 Å². The topological polar surface area (TPSA) is 61.4 Å². The lowest BCUT2D eigenvalue weighted by Gasteiger charge is -2.27. The van der Waals surface area contributed by atoms with Crippen molar-refractivity contribution in [1.29, 1.82) is 0 Å². The molecule has 0 saturated carbocycles. The molecule has 1 aliphatic heterocycles. The van der Waals surface area contributed by atoms with Crippen LogP contribution in [0.2, 0.25) is 5.02 Å². The van der Waals surface area contributed by atoms with Gasteiger partial charge in [0.05, 0.1) is 23.2 Å². The molecular weight excluding hydrogens is 359 g/mol. The first-order chi connectivity index (χ1) is 11.7. The highest BCUT2D eigenvalue weighted by Gasteiger charge is 2.33. The van der Waals surface area contributed by atoms with Crippen LogP contribution in [0.25, 0.3) is 0 Å². The van der Waals surface area contributed by atoms with Gasteiger partial charge in [-0.1, -0.05) is 18.0 Å². The first-order valence-corrected chi connectivity index (χ1v) is 8.21. The van der Waals surface area contributed by atoms with Crippen LogP contribution in [0, 0.1) is 0 Å². The molecule has 5 nitrogen and oxygen atoms in total. The summed E-state index contributed by atoms with van der Waals surface area (Å²) < 4.78 is 38.5. The molecule has 138 valence electrons. The summed E-state index contributed by atoms with van der Waals surface area (Å²) in [6.07, 6.45) is -1.96. The maximum Gasteiger partial charge on any atom is 0.417 e. The largest absolute Gasteiger partial charge is 0.417 e. The second kappa shape index (κ2) is 8.05. The van der Waals surface area contributed by atoms with Crippen LogP contribution in [0.1, 0.15) is 24.8 Å². The van der Waals surface area contributed by atoms with Crippen LogP contribution in [0.4, 0.5) is 18.9 Å². The second-order valence-corrected chi connectivity index (χ2v) is 6.34. The lowest BCUT2D eigenvalue weighted by atomic mass is 10.0. The Balaban J connectivity index is 1.96. The van der Waals surface area contributed by atoms with Gasteiger partial charge in [-0.3, -0.25) is 9.59 Å². The van der Waals surface area contributed by atoms with Crippen LogP contribution in [-0.2, 0) is 15.8 Å². The first kappa shape index (κ1) is 19.5. The number of rotatable bonds is 4. The van der Waals surface area contributed by atoms with Gasteiger partial charge in [-0.05, 0) is 37.6 Å². The number of hydrogen-bond acceptors (Lipinski definition) is 3. The van der Waals surface area contributed by atoms with E-state index in [0.717, 1.165) is 31.5 Å². The van der Waals surface area contributed by atoms with E-state index < -0.39 is 22.7 Å². The molecule has 1 unspecified atom stereocenters. The third-order valence-corrected chi connectivity index (χ3v) is 4.25. The molecule has 0 spiro atoms. The SMILES string of the molecule is CN(CC(=O)Nc1ccc(Cl)c(C(F)(F)F)c1)C(=O)C1CCCCN1. The fraction of sp³-hybridized carbons (Fsp3) is 0.500. The molecule has 0 aromatic heterocycles. The molecular formula is C16H19ClF3N3O2. The Kier molecular flexibility index (Phi) is 6.29. The van der Waals surface area contributed by atoms with E-state index in [1.165, 1.54) is 18.0 Å². The molecule has 1 aliphatic rings. The Hall–Kier alpha value is -1.80. The highest BCUT2D eigenvalue weighted by molar-refractivity contribution is 6.31. The smallest absolute Gasteiger partial charge is 0.335 e. The summed E-state index contributed by atoms with van der Waals surface area (Å²) in [5.41, 5.74) is -1.05. The van der Waals surface area contributed by atoms with Crippen LogP contribution in [0.5, 0.6) is 0 Å². The van der Waals surface area contributed by atoms with Gasteiger partial charge in [0.2, 0.25) is 11.8 Å². The summed E-state index contributed by atoms with van der Waals surface area (Å²) in [7, 11) is 1.49. The van der Waals surface area contributed by atoms with E-state index in [2.05, 4.69) is 10.6 Å². The number of carbonyl (C=O) groups excluding carboxylic acids is 2. The molecule has 0 bridgehead atoms. The predicted octanol–water partition coefficient (Wildman–Crippen LogP) is 2.90. The average molecular weight is 378 g/mol. The van der Waals surface area contributed by atoms with E-state index >= 15 is 0 Å². The van der Waals surface area contributed by atoms with Crippen molar-refractivity contribution >= 4 is 29.1 Å². The number of halogens is 4. The van der Waals surface area contributed by atoms with Crippen molar-refractivity contribution in [2.75, 3.05) is 25.5 Å². The van der Waals surface area contributed by atoms with E-state index in [0.29, 0.717) is 6.42 Å². The van der Waals surface area contributed by atoms with Gasteiger partial charge < -0.3 is 15.5 Å². The summed E-state index contributed by atoms with van der Waals surface area (Å²) >= 11 is 5.54. The van der Waals surface area contributed by atoms with Gasteiger partial charge in [-0.2, -0.15) is 13.2 Å². The molecule has 0 aliphatic carbocycles. The van der Waals surface area contributed by atoms with Crippen LogP contribution in [0.3, 0.4) is 0 Å². The number of piperidine rings is 1. The number of benzene rings is 1. The van der Waals surface area contributed by atoms with E-state index in [-0.39, 0.29) is 24.2 Å².